The van der Waals surface area contributed by atoms with Crippen molar-refractivity contribution >= 4 is 24.2 Å². The Kier molecular flexibility index (Phi) is 5.15. The molecule has 0 saturated carbocycles. The van der Waals surface area contributed by atoms with Crippen LogP contribution in [-0.2, 0) is 4.79 Å². The van der Waals surface area contributed by atoms with Gasteiger partial charge < -0.3 is 14.4 Å². The van der Waals surface area contributed by atoms with Crippen LogP contribution in [0.3, 0.4) is 0 Å². The maximum atomic E-state index is 11.8. The van der Waals surface area contributed by atoms with Crippen LogP contribution in [0.25, 0.3) is 0 Å². The van der Waals surface area contributed by atoms with E-state index in [-0.39, 0.29) is 5.91 Å². The van der Waals surface area contributed by atoms with E-state index in [4.69, 9.17) is 9.47 Å². The highest BCUT2D eigenvalue weighted by Crippen LogP contribution is 2.31. The summed E-state index contributed by atoms with van der Waals surface area (Å²) < 4.78 is 10.3. The Balaban J connectivity index is 3.00. The van der Waals surface area contributed by atoms with Crippen molar-refractivity contribution in [2.24, 2.45) is 0 Å². The Labute approximate surface area is 107 Å². The van der Waals surface area contributed by atoms with Gasteiger partial charge in [-0.25, -0.2) is 0 Å². The molecule has 0 heterocycles. The van der Waals surface area contributed by atoms with Gasteiger partial charge in [0.1, 0.15) is 11.5 Å². The average Bonchev–Trinajstić information content (AvgIpc) is 2.37. The zero-order valence-electron chi connectivity index (χ0n) is 10.3. The second kappa shape index (κ2) is 6.39. The molecule has 0 saturated heterocycles. The molecule has 1 amide bonds. The molecular formula is C12H17NO3S. The third-order valence-corrected chi connectivity index (χ3v) is 2.67. The van der Waals surface area contributed by atoms with Gasteiger partial charge in [0.15, 0.2) is 0 Å². The molecule has 5 heteroatoms. The van der Waals surface area contributed by atoms with Crippen LogP contribution in [0.15, 0.2) is 18.2 Å². The summed E-state index contributed by atoms with van der Waals surface area (Å²) in [5, 5.41) is 0. The van der Waals surface area contributed by atoms with Gasteiger partial charge in [0.05, 0.1) is 19.9 Å². The SMILES string of the molecule is COc1ccc(N(C)C(=O)CCS)c(OC)c1. The van der Waals surface area contributed by atoms with E-state index >= 15 is 0 Å². The number of anilines is 1. The predicted molar refractivity (Wildman–Crippen MR) is 71.4 cm³/mol. The van der Waals surface area contributed by atoms with Gasteiger partial charge in [-0.3, -0.25) is 4.79 Å². The standard InChI is InChI=1S/C12H17NO3S/c1-13(12(14)6-7-17)10-5-4-9(15-2)8-11(10)16-3/h4-5,8,17H,6-7H2,1-3H3. The van der Waals surface area contributed by atoms with E-state index in [2.05, 4.69) is 12.6 Å². The van der Waals surface area contributed by atoms with Gasteiger partial charge >= 0.3 is 0 Å². The fourth-order valence-corrected chi connectivity index (χ4v) is 1.65. The Morgan fingerprint density at radius 1 is 1.35 bits per heavy atom. The first-order valence-electron chi connectivity index (χ1n) is 5.23. The molecule has 17 heavy (non-hydrogen) atoms. The fourth-order valence-electron chi connectivity index (χ4n) is 1.46. The average molecular weight is 255 g/mol. The van der Waals surface area contributed by atoms with Gasteiger partial charge in [-0.15, -0.1) is 0 Å². The number of hydrogen-bond donors (Lipinski definition) is 1. The molecular weight excluding hydrogens is 238 g/mol. The largest absolute Gasteiger partial charge is 0.497 e. The second-order valence-corrected chi connectivity index (χ2v) is 3.91. The maximum absolute atomic E-state index is 11.8. The number of thiol groups is 1. The third kappa shape index (κ3) is 3.30. The molecule has 0 N–H and O–H groups in total. The molecule has 1 rings (SSSR count). The summed E-state index contributed by atoms with van der Waals surface area (Å²) in [4.78, 5) is 13.3. The van der Waals surface area contributed by atoms with Gasteiger partial charge in [0.25, 0.3) is 0 Å². The van der Waals surface area contributed by atoms with Gasteiger partial charge in [-0.1, -0.05) is 0 Å². The van der Waals surface area contributed by atoms with Crippen LogP contribution in [0.5, 0.6) is 11.5 Å². The maximum Gasteiger partial charge on any atom is 0.227 e. The van der Waals surface area contributed by atoms with Crippen molar-refractivity contribution in [1.29, 1.82) is 0 Å². The number of carbonyl (C=O) groups is 1. The molecule has 0 spiro atoms. The topological polar surface area (TPSA) is 38.8 Å². The van der Waals surface area contributed by atoms with Crippen molar-refractivity contribution in [3.05, 3.63) is 18.2 Å². The Bertz CT molecular complexity index is 395. The number of ether oxygens (including phenoxy) is 2. The highest BCUT2D eigenvalue weighted by molar-refractivity contribution is 7.80. The molecule has 94 valence electrons. The summed E-state index contributed by atoms with van der Waals surface area (Å²) in [5.41, 5.74) is 0.722. The first-order valence-corrected chi connectivity index (χ1v) is 5.86. The molecule has 0 aliphatic heterocycles. The molecule has 0 fully saturated rings. The van der Waals surface area contributed by atoms with Crippen molar-refractivity contribution in [1.82, 2.24) is 0 Å². The van der Waals surface area contributed by atoms with E-state index in [1.54, 1.807) is 44.4 Å². The molecule has 4 nitrogen and oxygen atoms in total. The van der Waals surface area contributed by atoms with Crippen LogP contribution in [0, 0.1) is 0 Å². The Morgan fingerprint density at radius 3 is 2.59 bits per heavy atom. The van der Waals surface area contributed by atoms with Crippen LogP contribution < -0.4 is 14.4 Å². The molecule has 1 aromatic rings. The smallest absolute Gasteiger partial charge is 0.227 e. The minimum absolute atomic E-state index is 0.00321. The van der Waals surface area contributed by atoms with Crippen molar-refractivity contribution in [2.45, 2.75) is 6.42 Å². The number of rotatable bonds is 5. The lowest BCUT2D eigenvalue weighted by atomic mass is 10.2. The number of hydrogen-bond acceptors (Lipinski definition) is 4. The van der Waals surface area contributed by atoms with Gasteiger partial charge in [-0.05, 0) is 17.9 Å². The number of benzene rings is 1. The summed E-state index contributed by atoms with van der Waals surface area (Å²) in [6.07, 6.45) is 0.398. The lowest BCUT2D eigenvalue weighted by Crippen LogP contribution is -2.26. The quantitative estimate of drug-likeness (QED) is 0.818. The summed E-state index contributed by atoms with van der Waals surface area (Å²) >= 11 is 4.05. The molecule has 0 aliphatic carbocycles. The van der Waals surface area contributed by atoms with E-state index in [0.717, 1.165) is 5.69 Å². The lowest BCUT2D eigenvalue weighted by molar-refractivity contribution is -0.117. The van der Waals surface area contributed by atoms with Crippen molar-refractivity contribution in [3.8, 4) is 11.5 Å². The minimum Gasteiger partial charge on any atom is -0.497 e. The first-order chi connectivity index (χ1) is 8.13. The predicted octanol–water partition coefficient (Wildman–Crippen LogP) is 1.99. The van der Waals surface area contributed by atoms with Crippen LogP contribution in [0.4, 0.5) is 5.69 Å². The van der Waals surface area contributed by atoms with Gasteiger partial charge in [0.2, 0.25) is 5.91 Å². The van der Waals surface area contributed by atoms with Crippen LogP contribution in [-0.4, -0.2) is 32.9 Å². The van der Waals surface area contributed by atoms with Crippen LogP contribution in [0.2, 0.25) is 0 Å². The zero-order valence-corrected chi connectivity index (χ0v) is 11.2. The van der Waals surface area contributed by atoms with Gasteiger partial charge in [-0.2, -0.15) is 12.6 Å². The molecule has 0 atom stereocenters. The van der Waals surface area contributed by atoms with E-state index in [9.17, 15) is 4.79 Å². The van der Waals surface area contributed by atoms with Crippen LogP contribution >= 0.6 is 12.6 Å². The van der Waals surface area contributed by atoms with Gasteiger partial charge in [0, 0.05) is 19.5 Å². The van der Waals surface area contributed by atoms with E-state index in [0.29, 0.717) is 23.7 Å². The third-order valence-electron chi connectivity index (χ3n) is 2.45. The lowest BCUT2D eigenvalue weighted by Gasteiger charge is -2.20. The summed E-state index contributed by atoms with van der Waals surface area (Å²) in [6, 6.07) is 5.34. The molecule has 0 unspecified atom stereocenters. The molecule has 0 bridgehead atoms. The first kappa shape index (κ1) is 13.7. The number of amides is 1. The summed E-state index contributed by atoms with van der Waals surface area (Å²) in [5.74, 6) is 1.84. The molecule has 0 radical (unpaired) electrons. The molecule has 0 aromatic heterocycles. The molecule has 1 aromatic carbocycles. The summed E-state index contributed by atoms with van der Waals surface area (Å²) in [7, 11) is 4.87. The number of methoxy groups -OCH3 is 2. The number of carbonyl (C=O) groups excluding carboxylic acids is 1. The van der Waals surface area contributed by atoms with E-state index in [1.165, 1.54) is 0 Å². The van der Waals surface area contributed by atoms with Crippen molar-refractivity contribution in [2.75, 3.05) is 31.9 Å². The summed E-state index contributed by atoms with van der Waals surface area (Å²) in [6.45, 7) is 0. The Hall–Kier alpha value is -1.36. The zero-order chi connectivity index (χ0) is 12.8. The van der Waals surface area contributed by atoms with Crippen LogP contribution in [0.1, 0.15) is 6.42 Å². The normalized spacial score (nSPS) is 9.88. The van der Waals surface area contributed by atoms with E-state index < -0.39 is 0 Å². The minimum atomic E-state index is 0.00321. The monoisotopic (exact) mass is 255 g/mol. The van der Waals surface area contributed by atoms with Crippen molar-refractivity contribution < 1.29 is 14.3 Å². The van der Waals surface area contributed by atoms with E-state index in [1.807, 2.05) is 0 Å². The highest BCUT2D eigenvalue weighted by atomic mass is 32.1. The second-order valence-electron chi connectivity index (χ2n) is 3.46. The van der Waals surface area contributed by atoms with Crippen molar-refractivity contribution in [3.63, 3.8) is 0 Å². The highest BCUT2D eigenvalue weighted by Gasteiger charge is 2.15. The fraction of sp³-hybridized carbons (Fsp3) is 0.417. The molecule has 0 aliphatic rings. The number of nitrogens with zero attached hydrogens (tertiary/aromatic N) is 1. The Morgan fingerprint density at radius 2 is 2.06 bits per heavy atom.